The molecule has 0 atom stereocenters. The Morgan fingerprint density at radius 1 is 0.800 bits per heavy atom. The average Bonchev–Trinajstić information content (AvgIpc) is 2.63. The van der Waals surface area contributed by atoms with E-state index in [0.717, 1.165) is 22.6 Å². The van der Waals surface area contributed by atoms with E-state index in [2.05, 4.69) is 10.9 Å². The highest BCUT2D eigenvalue weighted by atomic mass is 35.5. The molecule has 128 valence electrons. The number of benzene rings is 3. The Kier molecular flexibility index (Phi) is 6.18. The second-order valence-corrected chi connectivity index (χ2v) is 6.38. The molecule has 0 aliphatic rings. The van der Waals surface area contributed by atoms with Crippen LogP contribution in [0.1, 0.15) is 11.1 Å². The van der Waals surface area contributed by atoms with E-state index in [4.69, 9.17) is 27.9 Å². The third-order valence-corrected chi connectivity index (χ3v) is 4.10. The fourth-order valence-electron chi connectivity index (χ4n) is 2.33. The minimum atomic E-state index is 0.470. The highest BCUT2D eigenvalue weighted by Gasteiger charge is 2.06. The van der Waals surface area contributed by atoms with E-state index in [9.17, 15) is 0 Å². The number of hydrazine groups is 1. The van der Waals surface area contributed by atoms with Crippen LogP contribution in [0, 0.1) is 0 Å². The SMILES string of the molecule is Clc1ccc(COc2ccc(Cl)cc2CNNc2ccccc2)cc1. The van der Waals surface area contributed by atoms with Gasteiger partial charge in [0.1, 0.15) is 12.4 Å². The number of rotatable bonds is 7. The van der Waals surface area contributed by atoms with Crippen molar-refractivity contribution in [3.8, 4) is 5.75 Å². The van der Waals surface area contributed by atoms with Crippen LogP contribution in [0.15, 0.2) is 72.8 Å². The van der Waals surface area contributed by atoms with E-state index in [1.54, 1.807) is 0 Å². The molecule has 3 aromatic rings. The van der Waals surface area contributed by atoms with Gasteiger partial charge >= 0.3 is 0 Å². The lowest BCUT2D eigenvalue weighted by atomic mass is 10.2. The van der Waals surface area contributed by atoms with Gasteiger partial charge in [-0.2, -0.15) is 0 Å². The van der Waals surface area contributed by atoms with Gasteiger partial charge in [0.05, 0.1) is 0 Å². The number of anilines is 1. The molecule has 0 amide bonds. The van der Waals surface area contributed by atoms with Crippen molar-refractivity contribution in [3.05, 3.63) is 94.0 Å². The van der Waals surface area contributed by atoms with Crippen LogP contribution in [0.4, 0.5) is 5.69 Å². The zero-order chi connectivity index (χ0) is 17.5. The van der Waals surface area contributed by atoms with Crippen LogP contribution in [0.5, 0.6) is 5.75 Å². The minimum absolute atomic E-state index is 0.470. The number of halogens is 2. The van der Waals surface area contributed by atoms with Gasteiger partial charge in [-0.05, 0) is 48.0 Å². The van der Waals surface area contributed by atoms with E-state index in [-0.39, 0.29) is 0 Å². The lowest BCUT2D eigenvalue weighted by molar-refractivity contribution is 0.302. The van der Waals surface area contributed by atoms with E-state index < -0.39 is 0 Å². The summed E-state index contributed by atoms with van der Waals surface area (Å²) in [6.07, 6.45) is 0. The summed E-state index contributed by atoms with van der Waals surface area (Å²) in [7, 11) is 0. The van der Waals surface area contributed by atoms with Crippen molar-refractivity contribution in [1.82, 2.24) is 5.43 Å². The first-order valence-corrected chi connectivity index (χ1v) is 8.66. The van der Waals surface area contributed by atoms with Gasteiger partial charge in [0.25, 0.3) is 0 Å². The molecule has 3 nitrogen and oxygen atoms in total. The Bertz CT molecular complexity index is 808. The maximum Gasteiger partial charge on any atom is 0.124 e. The molecule has 25 heavy (non-hydrogen) atoms. The second-order valence-electron chi connectivity index (χ2n) is 5.51. The number of nitrogens with one attached hydrogen (secondary N) is 2. The molecule has 0 fully saturated rings. The van der Waals surface area contributed by atoms with Gasteiger partial charge in [-0.3, -0.25) is 0 Å². The Balaban J connectivity index is 1.62. The van der Waals surface area contributed by atoms with Crippen LogP contribution in [0.2, 0.25) is 10.0 Å². The van der Waals surface area contributed by atoms with Gasteiger partial charge in [0.15, 0.2) is 0 Å². The van der Waals surface area contributed by atoms with Crippen molar-refractivity contribution >= 4 is 28.9 Å². The maximum absolute atomic E-state index is 6.13. The molecule has 0 aliphatic heterocycles. The fraction of sp³-hybridized carbons (Fsp3) is 0.100. The topological polar surface area (TPSA) is 33.3 Å². The van der Waals surface area contributed by atoms with Crippen molar-refractivity contribution in [2.24, 2.45) is 0 Å². The smallest absolute Gasteiger partial charge is 0.124 e. The molecule has 0 radical (unpaired) electrons. The molecule has 0 saturated heterocycles. The van der Waals surface area contributed by atoms with Crippen molar-refractivity contribution in [3.63, 3.8) is 0 Å². The largest absolute Gasteiger partial charge is 0.489 e. The zero-order valence-electron chi connectivity index (χ0n) is 13.5. The predicted octanol–water partition coefficient (Wildman–Crippen LogP) is 5.69. The van der Waals surface area contributed by atoms with Gasteiger partial charge < -0.3 is 10.2 Å². The normalized spacial score (nSPS) is 10.5. The molecule has 0 aromatic heterocycles. The molecule has 0 saturated carbocycles. The Morgan fingerprint density at radius 3 is 2.28 bits per heavy atom. The number of hydrogen-bond acceptors (Lipinski definition) is 3. The van der Waals surface area contributed by atoms with E-state index >= 15 is 0 Å². The van der Waals surface area contributed by atoms with E-state index in [0.29, 0.717) is 23.2 Å². The lowest BCUT2D eigenvalue weighted by Gasteiger charge is -2.14. The first-order chi connectivity index (χ1) is 12.2. The molecule has 0 bridgehead atoms. The molecule has 0 heterocycles. The summed E-state index contributed by atoms with van der Waals surface area (Å²) < 4.78 is 5.95. The van der Waals surface area contributed by atoms with Gasteiger partial charge in [-0.1, -0.05) is 53.5 Å². The van der Waals surface area contributed by atoms with Gasteiger partial charge in [0, 0.05) is 27.8 Å². The van der Waals surface area contributed by atoms with Crippen LogP contribution in [0.25, 0.3) is 0 Å². The molecular formula is C20H18Cl2N2O. The van der Waals surface area contributed by atoms with Crippen LogP contribution in [-0.2, 0) is 13.2 Å². The summed E-state index contributed by atoms with van der Waals surface area (Å²) in [5, 5.41) is 1.39. The summed E-state index contributed by atoms with van der Waals surface area (Å²) in [4.78, 5) is 0. The fourth-order valence-corrected chi connectivity index (χ4v) is 2.65. The van der Waals surface area contributed by atoms with E-state index in [1.807, 2.05) is 72.8 Å². The summed E-state index contributed by atoms with van der Waals surface area (Å²) in [5.74, 6) is 0.793. The molecular weight excluding hydrogens is 355 g/mol. The van der Waals surface area contributed by atoms with Crippen LogP contribution in [-0.4, -0.2) is 0 Å². The second kappa shape index (κ2) is 8.77. The molecule has 2 N–H and O–H groups in total. The first kappa shape index (κ1) is 17.6. The average molecular weight is 373 g/mol. The number of hydrogen-bond donors (Lipinski definition) is 2. The van der Waals surface area contributed by atoms with Crippen molar-refractivity contribution in [2.45, 2.75) is 13.2 Å². The van der Waals surface area contributed by atoms with Gasteiger partial charge in [-0.25, -0.2) is 5.43 Å². The molecule has 0 spiro atoms. The summed E-state index contributed by atoms with van der Waals surface area (Å²) in [6.45, 7) is 1.04. The van der Waals surface area contributed by atoms with E-state index in [1.165, 1.54) is 0 Å². The van der Waals surface area contributed by atoms with Gasteiger partial charge in [0.2, 0.25) is 0 Å². The summed E-state index contributed by atoms with van der Waals surface area (Å²) in [6, 6.07) is 23.1. The Morgan fingerprint density at radius 2 is 1.52 bits per heavy atom. The Hall–Kier alpha value is -2.20. The van der Waals surface area contributed by atoms with Crippen LogP contribution >= 0.6 is 23.2 Å². The zero-order valence-corrected chi connectivity index (χ0v) is 15.0. The van der Waals surface area contributed by atoms with Crippen LogP contribution in [0.3, 0.4) is 0 Å². The Labute approximate surface area is 157 Å². The summed E-state index contributed by atoms with van der Waals surface area (Å²) >= 11 is 12.0. The molecule has 0 unspecified atom stereocenters. The maximum atomic E-state index is 6.13. The third-order valence-electron chi connectivity index (χ3n) is 3.62. The quantitative estimate of drug-likeness (QED) is 0.522. The van der Waals surface area contributed by atoms with Crippen LogP contribution < -0.4 is 15.6 Å². The first-order valence-electron chi connectivity index (χ1n) is 7.90. The number of ether oxygens (including phenoxy) is 1. The minimum Gasteiger partial charge on any atom is -0.489 e. The standard InChI is InChI=1S/C20H18Cl2N2O/c21-17-8-6-15(7-9-17)14-25-20-11-10-18(22)12-16(20)13-23-24-19-4-2-1-3-5-19/h1-12,23-24H,13-14H2. The van der Waals surface area contributed by atoms with Crippen molar-refractivity contribution in [1.29, 1.82) is 0 Å². The summed E-state index contributed by atoms with van der Waals surface area (Å²) in [5.41, 5.74) is 9.37. The number of para-hydroxylation sites is 1. The van der Waals surface area contributed by atoms with Crippen molar-refractivity contribution < 1.29 is 4.74 Å². The highest BCUT2D eigenvalue weighted by Crippen LogP contribution is 2.24. The molecule has 5 heteroatoms. The lowest BCUT2D eigenvalue weighted by Crippen LogP contribution is -2.21. The third kappa shape index (κ3) is 5.40. The highest BCUT2D eigenvalue weighted by molar-refractivity contribution is 6.30. The van der Waals surface area contributed by atoms with Gasteiger partial charge in [-0.15, -0.1) is 0 Å². The molecule has 3 aromatic carbocycles. The molecule has 0 aliphatic carbocycles. The van der Waals surface area contributed by atoms with Crippen molar-refractivity contribution in [2.75, 3.05) is 5.43 Å². The molecule has 3 rings (SSSR count). The predicted molar refractivity (Wildman–Crippen MR) is 104 cm³/mol. The monoisotopic (exact) mass is 372 g/mol.